The van der Waals surface area contributed by atoms with Gasteiger partial charge in [-0.3, -0.25) is 0 Å². The summed E-state index contributed by atoms with van der Waals surface area (Å²) >= 11 is 0. The summed E-state index contributed by atoms with van der Waals surface area (Å²) in [5.74, 6) is -0.387. The lowest BCUT2D eigenvalue weighted by Crippen LogP contribution is -2.28. The zero-order chi connectivity index (χ0) is 26.4. The molecule has 0 atom stereocenters. The summed E-state index contributed by atoms with van der Waals surface area (Å²) in [6.07, 6.45) is 0. The topological polar surface area (TPSA) is 43.4 Å². The van der Waals surface area contributed by atoms with Crippen LogP contribution in [-0.4, -0.2) is 13.9 Å². The molecule has 0 saturated heterocycles. The molecule has 0 unspecified atom stereocenters. The highest BCUT2D eigenvalue weighted by atomic mass is 32.2. The minimum atomic E-state index is -5.78. The maximum atomic E-state index is 13.0. The third-order valence-electron chi connectivity index (χ3n) is 7.68. The normalized spacial score (nSPS) is 14.7. The van der Waals surface area contributed by atoms with Crippen LogP contribution in [0.1, 0.15) is 27.8 Å². The number of benzene rings is 5. The molecular formula is C31H19F3O3S. The van der Waals surface area contributed by atoms with Gasteiger partial charge in [0.25, 0.3) is 0 Å². The van der Waals surface area contributed by atoms with Crippen molar-refractivity contribution in [3.8, 4) is 28.0 Å². The number of alkyl halides is 3. The summed E-state index contributed by atoms with van der Waals surface area (Å²) in [7, 11) is -5.78. The second-order valence-electron chi connectivity index (χ2n) is 9.74. The first-order valence-corrected chi connectivity index (χ1v) is 13.4. The summed E-state index contributed by atoms with van der Waals surface area (Å²) in [6, 6.07) is 31.1. The lowest BCUT2D eigenvalue weighted by atomic mass is 9.69. The highest BCUT2D eigenvalue weighted by molar-refractivity contribution is 7.88. The van der Waals surface area contributed by atoms with E-state index in [9.17, 15) is 21.6 Å². The van der Waals surface area contributed by atoms with Gasteiger partial charge in [-0.05, 0) is 74.3 Å². The molecule has 1 spiro atoms. The number of hydrogen-bond donors (Lipinski definition) is 0. The third kappa shape index (κ3) is 2.88. The van der Waals surface area contributed by atoms with E-state index in [0.717, 1.165) is 55.5 Å². The molecule has 0 radical (unpaired) electrons. The molecule has 0 bridgehead atoms. The van der Waals surface area contributed by atoms with Gasteiger partial charge in [-0.1, -0.05) is 90.5 Å². The number of hydrogen-bond acceptors (Lipinski definition) is 3. The molecule has 38 heavy (non-hydrogen) atoms. The average molecular weight is 529 g/mol. The van der Waals surface area contributed by atoms with Crippen molar-refractivity contribution in [3.63, 3.8) is 0 Å². The molecule has 0 amide bonds. The second kappa shape index (κ2) is 7.48. The van der Waals surface area contributed by atoms with Gasteiger partial charge in [-0.2, -0.15) is 21.6 Å². The Bertz CT molecular complexity index is 1880. The van der Waals surface area contributed by atoms with Crippen molar-refractivity contribution < 1.29 is 25.8 Å². The molecule has 2 aliphatic carbocycles. The predicted octanol–water partition coefficient (Wildman–Crippen LogP) is 7.72. The summed E-state index contributed by atoms with van der Waals surface area (Å²) in [5.41, 5.74) is 3.83. The molecule has 0 heterocycles. The van der Waals surface area contributed by atoms with Gasteiger partial charge in [0.15, 0.2) is 0 Å². The maximum Gasteiger partial charge on any atom is 0.534 e. The fourth-order valence-electron chi connectivity index (χ4n) is 6.29. The Morgan fingerprint density at radius 1 is 0.684 bits per heavy atom. The van der Waals surface area contributed by atoms with Crippen molar-refractivity contribution in [2.45, 2.75) is 17.8 Å². The predicted molar refractivity (Wildman–Crippen MR) is 141 cm³/mol. The molecule has 7 heteroatoms. The number of rotatable bonds is 2. The Hall–Kier alpha value is -4.10. The van der Waals surface area contributed by atoms with Gasteiger partial charge in [0.1, 0.15) is 5.75 Å². The number of fused-ring (bicyclic) bond motifs is 12. The van der Waals surface area contributed by atoms with Crippen LogP contribution in [0.4, 0.5) is 13.2 Å². The molecule has 0 saturated carbocycles. The van der Waals surface area contributed by atoms with Gasteiger partial charge < -0.3 is 4.18 Å². The SMILES string of the molecule is Cc1ccc2c(c1)C1(c3ccccc3-c3ccccc31)c1c-2ccc2cc(OS(=O)(=O)C(F)(F)F)ccc12. The molecule has 0 fully saturated rings. The van der Waals surface area contributed by atoms with Gasteiger partial charge in [0.2, 0.25) is 0 Å². The molecule has 0 N–H and O–H groups in total. The highest BCUT2D eigenvalue weighted by Gasteiger charge is 2.52. The molecule has 7 rings (SSSR count). The first-order valence-electron chi connectivity index (χ1n) is 12.0. The van der Waals surface area contributed by atoms with E-state index >= 15 is 0 Å². The van der Waals surface area contributed by atoms with Crippen molar-refractivity contribution in [2.75, 3.05) is 0 Å². The molecule has 5 aromatic carbocycles. The lowest BCUT2D eigenvalue weighted by Gasteiger charge is -2.31. The zero-order valence-corrected chi connectivity index (χ0v) is 20.8. The van der Waals surface area contributed by atoms with E-state index in [1.54, 1.807) is 12.1 Å². The van der Waals surface area contributed by atoms with E-state index in [-0.39, 0.29) is 5.75 Å². The number of aryl methyl sites for hydroxylation is 1. The van der Waals surface area contributed by atoms with E-state index in [1.165, 1.54) is 12.1 Å². The first-order chi connectivity index (χ1) is 18.1. The Kier molecular flexibility index (Phi) is 4.54. The van der Waals surface area contributed by atoms with Crippen LogP contribution >= 0.6 is 0 Å². The summed E-state index contributed by atoms with van der Waals surface area (Å²) < 4.78 is 66.7. The molecule has 0 aromatic heterocycles. The first kappa shape index (κ1) is 23.0. The summed E-state index contributed by atoms with van der Waals surface area (Å²) in [5, 5.41) is 1.41. The van der Waals surface area contributed by atoms with E-state index < -0.39 is 21.0 Å². The van der Waals surface area contributed by atoms with Crippen LogP contribution in [-0.2, 0) is 15.5 Å². The second-order valence-corrected chi connectivity index (χ2v) is 11.3. The van der Waals surface area contributed by atoms with Gasteiger partial charge in [0, 0.05) is 0 Å². The standard InChI is InChI=1S/C31H19F3O3S/c1-18-10-13-24-25-14-11-19-17-20(37-38(35,36)31(32,33)34)12-15-21(19)29(25)30(28(24)16-18)26-8-4-2-6-22(26)23-7-3-5-9-27(23)30/h2-17H,1H3. The molecule has 3 nitrogen and oxygen atoms in total. The smallest absolute Gasteiger partial charge is 0.376 e. The average Bonchev–Trinajstić information content (AvgIpc) is 3.34. The van der Waals surface area contributed by atoms with E-state index in [4.69, 9.17) is 0 Å². The van der Waals surface area contributed by atoms with Crippen LogP contribution in [0.2, 0.25) is 0 Å². The minimum Gasteiger partial charge on any atom is -0.376 e. The molecule has 188 valence electrons. The Labute approximate surface area is 217 Å². The van der Waals surface area contributed by atoms with Crippen molar-refractivity contribution in [1.82, 2.24) is 0 Å². The van der Waals surface area contributed by atoms with E-state index in [1.807, 2.05) is 30.3 Å². The van der Waals surface area contributed by atoms with Crippen molar-refractivity contribution in [3.05, 3.63) is 125 Å². The van der Waals surface area contributed by atoms with Crippen LogP contribution in [0.3, 0.4) is 0 Å². The quantitative estimate of drug-likeness (QED) is 0.170. The highest BCUT2D eigenvalue weighted by Crippen LogP contribution is 2.64. The minimum absolute atomic E-state index is 0.387. The van der Waals surface area contributed by atoms with Crippen molar-refractivity contribution in [1.29, 1.82) is 0 Å². The van der Waals surface area contributed by atoms with E-state index in [2.05, 4.69) is 53.6 Å². The molecular weight excluding hydrogens is 509 g/mol. The Morgan fingerprint density at radius 2 is 1.29 bits per heavy atom. The number of halogens is 3. The summed E-state index contributed by atoms with van der Waals surface area (Å²) in [6.45, 7) is 2.06. The molecule has 5 aromatic rings. The fraction of sp³-hybridized carbons (Fsp3) is 0.0968. The molecule has 0 aliphatic heterocycles. The lowest BCUT2D eigenvalue weighted by molar-refractivity contribution is -0.0500. The van der Waals surface area contributed by atoms with Gasteiger partial charge in [-0.25, -0.2) is 0 Å². The van der Waals surface area contributed by atoms with Crippen LogP contribution in [0, 0.1) is 6.92 Å². The third-order valence-corrected chi connectivity index (χ3v) is 8.66. The van der Waals surface area contributed by atoms with Gasteiger partial charge in [0.05, 0.1) is 5.41 Å². The van der Waals surface area contributed by atoms with Crippen molar-refractivity contribution >= 4 is 20.9 Å². The van der Waals surface area contributed by atoms with E-state index in [0.29, 0.717) is 5.39 Å². The fourth-order valence-corrected chi connectivity index (χ4v) is 6.75. The zero-order valence-electron chi connectivity index (χ0n) is 20.0. The van der Waals surface area contributed by atoms with Crippen molar-refractivity contribution in [2.24, 2.45) is 0 Å². The van der Waals surface area contributed by atoms with Gasteiger partial charge >= 0.3 is 15.6 Å². The molecule has 2 aliphatic rings. The van der Waals surface area contributed by atoms with Crippen LogP contribution in [0.5, 0.6) is 5.75 Å². The summed E-state index contributed by atoms with van der Waals surface area (Å²) in [4.78, 5) is 0. The largest absolute Gasteiger partial charge is 0.534 e. The van der Waals surface area contributed by atoms with Gasteiger partial charge in [-0.15, -0.1) is 0 Å². The Morgan fingerprint density at radius 3 is 1.95 bits per heavy atom. The monoisotopic (exact) mass is 528 g/mol. The van der Waals surface area contributed by atoms with Crippen LogP contribution in [0.25, 0.3) is 33.0 Å². The van der Waals surface area contributed by atoms with Crippen LogP contribution in [0.15, 0.2) is 97.1 Å². The maximum absolute atomic E-state index is 13.0. The Balaban J connectivity index is 1.57. The van der Waals surface area contributed by atoms with Crippen LogP contribution < -0.4 is 4.18 Å².